The highest BCUT2D eigenvalue weighted by molar-refractivity contribution is 6.33. The van der Waals surface area contributed by atoms with Crippen molar-refractivity contribution in [2.24, 2.45) is 5.10 Å². The molecule has 1 aliphatic carbocycles. The monoisotopic (exact) mass is 284 g/mol. The molecule has 0 fully saturated rings. The number of fused-ring (bicyclic) bond motifs is 1. The van der Waals surface area contributed by atoms with E-state index in [2.05, 4.69) is 16.6 Å². The number of amides is 1. The summed E-state index contributed by atoms with van der Waals surface area (Å²) >= 11 is 5.99. The van der Waals surface area contributed by atoms with Crippen LogP contribution < -0.4 is 5.43 Å². The maximum atomic E-state index is 12.0. The van der Waals surface area contributed by atoms with Crippen LogP contribution in [0.5, 0.6) is 0 Å². The largest absolute Gasteiger partial charge is 0.272 e. The maximum Gasteiger partial charge on any atom is 0.272 e. The van der Waals surface area contributed by atoms with Crippen molar-refractivity contribution in [2.75, 3.05) is 0 Å². The molecule has 2 aromatic carbocycles. The molecule has 0 heterocycles. The van der Waals surface area contributed by atoms with Crippen LogP contribution in [0, 0.1) is 0 Å². The Morgan fingerprint density at radius 2 is 1.80 bits per heavy atom. The summed E-state index contributed by atoms with van der Waals surface area (Å²) in [6, 6.07) is 15.1. The molecule has 0 aliphatic heterocycles. The molecule has 0 saturated carbocycles. The summed E-state index contributed by atoms with van der Waals surface area (Å²) in [4.78, 5) is 12.0. The SMILES string of the molecule is O=C(N/N=C1/CCc2ccccc21)c1ccccc1Cl. The molecule has 1 N–H and O–H groups in total. The van der Waals surface area contributed by atoms with Gasteiger partial charge >= 0.3 is 0 Å². The average molecular weight is 285 g/mol. The highest BCUT2D eigenvalue weighted by Crippen LogP contribution is 2.22. The Balaban J connectivity index is 1.79. The number of hydrogen-bond donors (Lipinski definition) is 1. The summed E-state index contributed by atoms with van der Waals surface area (Å²) < 4.78 is 0. The quantitative estimate of drug-likeness (QED) is 0.844. The van der Waals surface area contributed by atoms with Gasteiger partial charge in [0.2, 0.25) is 0 Å². The van der Waals surface area contributed by atoms with Crippen molar-refractivity contribution < 1.29 is 4.79 Å². The van der Waals surface area contributed by atoms with Crippen molar-refractivity contribution in [3.63, 3.8) is 0 Å². The second-order valence-corrected chi connectivity index (χ2v) is 5.04. The van der Waals surface area contributed by atoms with Gasteiger partial charge < -0.3 is 0 Å². The molecule has 2 aromatic rings. The average Bonchev–Trinajstić information content (AvgIpc) is 2.88. The van der Waals surface area contributed by atoms with E-state index in [4.69, 9.17) is 11.6 Å². The van der Waals surface area contributed by atoms with E-state index in [0.29, 0.717) is 10.6 Å². The molecular weight excluding hydrogens is 272 g/mol. The number of carbonyl (C=O) groups excluding carboxylic acids is 1. The molecule has 0 spiro atoms. The van der Waals surface area contributed by atoms with Gasteiger partial charge in [0, 0.05) is 5.56 Å². The third kappa shape index (κ3) is 2.45. The first-order valence-electron chi connectivity index (χ1n) is 6.45. The second-order valence-electron chi connectivity index (χ2n) is 4.64. The van der Waals surface area contributed by atoms with Crippen molar-refractivity contribution in [2.45, 2.75) is 12.8 Å². The lowest BCUT2D eigenvalue weighted by Gasteiger charge is -2.04. The summed E-state index contributed by atoms with van der Waals surface area (Å²) in [5.74, 6) is -0.285. The lowest BCUT2D eigenvalue weighted by Crippen LogP contribution is -2.19. The van der Waals surface area contributed by atoms with E-state index in [1.165, 1.54) is 5.56 Å². The van der Waals surface area contributed by atoms with Crippen LogP contribution >= 0.6 is 11.6 Å². The molecule has 0 saturated heterocycles. The predicted octanol–water partition coefficient (Wildman–Crippen LogP) is 3.42. The van der Waals surface area contributed by atoms with Gasteiger partial charge in [0.1, 0.15) is 0 Å². The zero-order valence-corrected chi connectivity index (χ0v) is 11.5. The summed E-state index contributed by atoms with van der Waals surface area (Å²) in [5, 5.41) is 4.67. The number of benzene rings is 2. The zero-order valence-electron chi connectivity index (χ0n) is 10.8. The zero-order chi connectivity index (χ0) is 13.9. The summed E-state index contributed by atoms with van der Waals surface area (Å²) in [5.41, 5.74) is 6.33. The van der Waals surface area contributed by atoms with Crippen LogP contribution in [0.2, 0.25) is 5.02 Å². The van der Waals surface area contributed by atoms with Crippen LogP contribution in [0.1, 0.15) is 27.9 Å². The number of aryl methyl sites for hydroxylation is 1. The van der Waals surface area contributed by atoms with E-state index in [-0.39, 0.29) is 5.91 Å². The molecule has 20 heavy (non-hydrogen) atoms. The number of hydrogen-bond acceptors (Lipinski definition) is 2. The molecule has 0 atom stereocenters. The summed E-state index contributed by atoms with van der Waals surface area (Å²) in [7, 11) is 0. The molecule has 100 valence electrons. The lowest BCUT2D eigenvalue weighted by atomic mass is 10.1. The van der Waals surface area contributed by atoms with Gasteiger partial charge in [-0.1, -0.05) is 48.0 Å². The van der Waals surface area contributed by atoms with Crippen molar-refractivity contribution >= 4 is 23.2 Å². The van der Waals surface area contributed by atoms with E-state index in [1.54, 1.807) is 24.3 Å². The normalized spacial score (nSPS) is 15.2. The Bertz CT molecular complexity index is 694. The van der Waals surface area contributed by atoms with Gasteiger partial charge in [-0.15, -0.1) is 0 Å². The second kappa shape index (κ2) is 5.47. The summed E-state index contributed by atoms with van der Waals surface area (Å²) in [6.07, 6.45) is 1.82. The van der Waals surface area contributed by atoms with Crippen LogP contribution in [0.4, 0.5) is 0 Å². The fourth-order valence-corrected chi connectivity index (χ4v) is 2.57. The molecule has 0 aromatic heterocycles. The Hall–Kier alpha value is -2.13. The van der Waals surface area contributed by atoms with Crippen molar-refractivity contribution in [3.8, 4) is 0 Å². The van der Waals surface area contributed by atoms with Gasteiger partial charge in [0.25, 0.3) is 5.91 Å². The first-order valence-corrected chi connectivity index (χ1v) is 6.83. The summed E-state index contributed by atoms with van der Waals surface area (Å²) in [6.45, 7) is 0. The molecular formula is C16H13ClN2O. The van der Waals surface area contributed by atoms with E-state index in [0.717, 1.165) is 24.1 Å². The lowest BCUT2D eigenvalue weighted by molar-refractivity contribution is 0.0955. The Kier molecular flexibility index (Phi) is 3.52. The van der Waals surface area contributed by atoms with Crippen LogP contribution in [0.25, 0.3) is 0 Å². The van der Waals surface area contributed by atoms with Gasteiger partial charge in [-0.2, -0.15) is 5.10 Å². The first-order chi connectivity index (χ1) is 9.75. The molecule has 0 unspecified atom stereocenters. The molecule has 1 aliphatic rings. The molecule has 3 rings (SSSR count). The number of nitrogens with one attached hydrogen (secondary N) is 1. The highest BCUT2D eigenvalue weighted by atomic mass is 35.5. The van der Waals surface area contributed by atoms with Gasteiger partial charge in [0.15, 0.2) is 0 Å². The Morgan fingerprint density at radius 3 is 2.65 bits per heavy atom. The van der Waals surface area contributed by atoms with E-state index >= 15 is 0 Å². The minimum absolute atomic E-state index is 0.285. The van der Waals surface area contributed by atoms with Crippen LogP contribution in [0.15, 0.2) is 53.6 Å². The fraction of sp³-hybridized carbons (Fsp3) is 0.125. The topological polar surface area (TPSA) is 41.5 Å². The third-order valence-corrected chi connectivity index (χ3v) is 3.70. The van der Waals surface area contributed by atoms with Crippen molar-refractivity contribution in [3.05, 3.63) is 70.2 Å². The molecule has 1 amide bonds. The maximum absolute atomic E-state index is 12.0. The number of rotatable bonds is 2. The van der Waals surface area contributed by atoms with Gasteiger partial charge in [-0.25, -0.2) is 5.43 Å². The van der Waals surface area contributed by atoms with Gasteiger partial charge in [-0.05, 0) is 30.5 Å². The fourth-order valence-electron chi connectivity index (χ4n) is 2.35. The number of halogens is 1. The predicted molar refractivity (Wildman–Crippen MR) is 80.2 cm³/mol. The highest BCUT2D eigenvalue weighted by Gasteiger charge is 2.17. The molecule has 3 nitrogen and oxygen atoms in total. The molecule has 4 heteroatoms. The van der Waals surface area contributed by atoms with E-state index < -0.39 is 0 Å². The van der Waals surface area contributed by atoms with E-state index in [9.17, 15) is 4.79 Å². The van der Waals surface area contributed by atoms with Crippen molar-refractivity contribution in [1.82, 2.24) is 5.43 Å². The molecule has 0 radical (unpaired) electrons. The van der Waals surface area contributed by atoms with Crippen LogP contribution in [-0.4, -0.2) is 11.6 Å². The number of hydrazone groups is 1. The third-order valence-electron chi connectivity index (χ3n) is 3.37. The van der Waals surface area contributed by atoms with Crippen molar-refractivity contribution in [1.29, 1.82) is 0 Å². The minimum atomic E-state index is -0.285. The van der Waals surface area contributed by atoms with Gasteiger partial charge in [0.05, 0.1) is 16.3 Å². The smallest absolute Gasteiger partial charge is 0.267 e. The van der Waals surface area contributed by atoms with Crippen LogP contribution in [-0.2, 0) is 6.42 Å². The minimum Gasteiger partial charge on any atom is -0.267 e. The van der Waals surface area contributed by atoms with Gasteiger partial charge in [-0.3, -0.25) is 4.79 Å². The number of carbonyl (C=O) groups is 1. The number of nitrogens with zero attached hydrogens (tertiary/aromatic N) is 1. The first kappa shape index (κ1) is 12.9. The van der Waals surface area contributed by atoms with E-state index in [1.807, 2.05) is 18.2 Å². The Morgan fingerprint density at radius 1 is 1.05 bits per heavy atom. The van der Waals surface area contributed by atoms with Crippen LogP contribution in [0.3, 0.4) is 0 Å². The Labute approximate surface area is 122 Å². The molecule has 0 bridgehead atoms. The standard InChI is InChI=1S/C16H13ClN2O/c17-14-8-4-3-7-13(14)16(20)19-18-15-10-9-11-5-1-2-6-12(11)15/h1-8H,9-10H2,(H,19,20)/b18-15-.